The van der Waals surface area contributed by atoms with Crippen molar-refractivity contribution in [3.63, 3.8) is 0 Å². The Balaban J connectivity index is 1.24. The summed E-state index contributed by atoms with van der Waals surface area (Å²) < 4.78 is 15.4. The van der Waals surface area contributed by atoms with Gasteiger partial charge in [-0.05, 0) is 26.7 Å². The van der Waals surface area contributed by atoms with Crippen LogP contribution in [0.1, 0.15) is 49.3 Å². The van der Waals surface area contributed by atoms with E-state index in [4.69, 9.17) is 19.0 Å². The molecule has 38 heavy (non-hydrogen) atoms. The fourth-order valence-corrected chi connectivity index (χ4v) is 5.27. The van der Waals surface area contributed by atoms with Gasteiger partial charge in [0.15, 0.2) is 0 Å². The summed E-state index contributed by atoms with van der Waals surface area (Å²) >= 11 is 1.62. The number of carbonyl (C=O) groups is 3. The highest BCUT2D eigenvalue weighted by Gasteiger charge is 2.27. The number of piperidine rings is 1. The summed E-state index contributed by atoms with van der Waals surface area (Å²) in [5.41, 5.74) is 3.81. The first-order valence-corrected chi connectivity index (χ1v) is 13.4. The predicted molar refractivity (Wildman–Crippen MR) is 142 cm³/mol. The molecule has 1 aliphatic rings. The van der Waals surface area contributed by atoms with E-state index in [1.54, 1.807) is 23.2 Å². The van der Waals surface area contributed by atoms with E-state index in [2.05, 4.69) is 11.7 Å². The summed E-state index contributed by atoms with van der Waals surface area (Å²) in [5, 5.41) is 7.36. The molecular weight excluding hydrogens is 506 g/mol. The first-order chi connectivity index (χ1) is 18.3. The zero-order chi connectivity index (χ0) is 27.1. The lowest BCUT2D eigenvalue weighted by Crippen LogP contribution is -2.38. The molecule has 0 spiro atoms. The van der Waals surface area contributed by atoms with Gasteiger partial charge in [-0.2, -0.15) is 0 Å². The smallest absolute Gasteiger partial charge is 0.333 e. The predicted octanol–water partition coefficient (Wildman–Crippen LogP) is 4.92. The van der Waals surface area contributed by atoms with Gasteiger partial charge >= 0.3 is 11.9 Å². The fourth-order valence-electron chi connectivity index (χ4n) is 4.28. The van der Waals surface area contributed by atoms with E-state index in [1.807, 2.05) is 42.6 Å². The summed E-state index contributed by atoms with van der Waals surface area (Å²) in [6.45, 7) is 8.06. The summed E-state index contributed by atoms with van der Waals surface area (Å²) in [7, 11) is 0. The van der Waals surface area contributed by atoms with Crippen LogP contribution in [0.5, 0.6) is 0 Å². The number of hydrogen-bond donors (Lipinski definition) is 0. The van der Waals surface area contributed by atoms with Crippen LogP contribution < -0.4 is 0 Å². The summed E-state index contributed by atoms with van der Waals surface area (Å²) in [4.78, 5) is 42.6. The number of rotatable bonds is 10. The molecule has 3 heterocycles. The van der Waals surface area contributed by atoms with Crippen LogP contribution in [-0.4, -0.2) is 59.2 Å². The van der Waals surface area contributed by atoms with E-state index >= 15 is 0 Å². The molecule has 0 aliphatic carbocycles. The lowest BCUT2D eigenvalue weighted by atomic mass is 9.97. The number of amides is 1. The molecule has 1 aliphatic heterocycles. The lowest BCUT2D eigenvalue weighted by molar-refractivity contribution is -0.151. The summed E-state index contributed by atoms with van der Waals surface area (Å²) in [5.74, 6) is -0.0907. The summed E-state index contributed by atoms with van der Waals surface area (Å²) in [6.07, 6.45) is 1.70. The number of benzene rings is 1. The van der Waals surface area contributed by atoms with E-state index in [0.29, 0.717) is 13.1 Å². The SMILES string of the molecule is C=C(C)C(=O)OCCOC(=O)CCC(=O)N1CCC(c2nc(-c3c(-c4ccccc4)noc3C)cs2)CC1. The molecule has 4 rings (SSSR count). The normalized spacial score (nSPS) is 13.8. The van der Waals surface area contributed by atoms with Gasteiger partial charge in [-0.3, -0.25) is 9.59 Å². The second kappa shape index (κ2) is 12.6. The summed E-state index contributed by atoms with van der Waals surface area (Å²) in [6, 6.07) is 9.91. The molecule has 0 bridgehead atoms. The first kappa shape index (κ1) is 27.3. The number of esters is 2. The van der Waals surface area contributed by atoms with E-state index in [-0.39, 0.29) is 43.5 Å². The molecule has 10 heteroatoms. The average molecular weight is 538 g/mol. The molecule has 1 fully saturated rings. The molecule has 2 aromatic heterocycles. The average Bonchev–Trinajstić information content (AvgIpc) is 3.56. The molecule has 1 aromatic carbocycles. The maximum Gasteiger partial charge on any atom is 0.333 e. The van der Waals surface area contributed by atoms with Gasteiger partial charge in [0.25, 0.3) is 0 Å². The minimum absolute atomic E-state index is 0.00906. The zero-order valence-electron chi connectivity index (χ0n) is 21.6. The monoisotopic (exact) mass is 537 g/mol. The van der Waals surface area contributed by atoms with E-state index in [0.717, 1.165) is 46.1 Å². The minimum atomic E-state index is -0.529. The number of ether oxygens (including phenoxy) is 2. The van der Waals surface area contributed by atoms with Gasteiger partial charge in [0.1, 0.15) is 24.7 Å². The van der Waals surface area contributed by atoms with Crippen molar-refractivity contribution in [3.8, 4) is 22.5 Å². The van der Waals surface area contributed by atoms with Crippen LogP contribution in [-0.2, 0) is 23.9 Å². The Labute approximate surface area is 225 Å². The number of thiazole rings is 1. The molecule has 0 N–H and O–H groups in total. The van der Waals surface area contributed by atoms with Crippen molar-refractivity contribution in [3.05, 3.63) is 58.6 Å². The molecule has 9 nitrogen and oxygen atoms in total. The third-order valence-corrected chi connectivity index (χ3v) is 7.36. The topological polar surface area (TPSA) is 112 Å². The highest BCUT2D eigenvalue weighted by Crippen LogP contribution is 2.38. The Morgan fingerprint density at radius 3 is 2.53 bits per heavy atom. The maximum atomic E-state index is 12.6. The van der Waals surface area contributed by atoms with Crippen molar-refractivity contribution in [2.24, 2.45) is 0 Å². The second-order valence-corrected chi connectivity index (χ2v) is 10.1. The minimum Gasteiger partial charge on any atom is -0.462 e. The van der Waals surface area contributed by atoms with Gasteiger partial charge < -0.3 is 18.9 Å². The third-order valence-electron chi connectivity index (χ3n) is 6.36. The largest absolute Gasteiger partial charge is 0.462 e. The molecule has 0 unspecified atom stereocenters. The first-order valence-electron chi connectivity index (χ1n) is 12.6. The van der Waals surface area contributed by atoms with E-state index < -0.39 is 11.9 Å². The van der Waals surface area contributed by atoms with Crippen molar-refractivity contribution >= 4 is 29.2 Å². The molecule has 200 valence electrons. The number of hydrogen-bond acceptors (Lipinski definition) is 9. The van der Waals surface area contributed by atoms with Gasteiger partial charge in [0.05, 0.1) is 22.7 Å². The highest BCUT2D eigenvalue weighted by molar-refractivity contribution is 7.10. The fraction of sp³-hybridized carbons (Fsp3) is 0.393. The highest BCUT2D eigenvalue weighted by atomic mass is 32.1. The van der Waals surface area contributed by atoms with Crippen LogP contribution >= 0.6 is 11.3 Å². The van der Waals surface area contributed by atoms with Crippen molar-refractivity contribution < 1.29 is 28.4 Å². The zero-order valence-corrected chi connectivity index (χ0v) is 22.4. The van der Waals surface area contributed by atoms with Crippen LogP contribution in [0.25, 0.3) is 22.5 Å². The Bertz CT molecular complexity index is 1290. The second-order valence-electron chi connectivity index (χ2n) is 9.19. The molecule has 0 atom stereocenters. The van der Waals surface area contributed by atoms with Gasteiger partial charge in [0, 0.05) is 41.9 Å². The van der Waals surface area contributed by atoms with Crippen LogP contribution in [0.3, 0.4) is 0 Å². The quantitative estimate of drug-likeness (QED) is 0.203. The number of nitrogens with zero attached hydrogens (tertiary/aromatic N) is 3. The van der Waals surface area contributed by atoms with Gasteiger partial charge in [0.2, 0.25) is 5.91 Å². The lowest BCUT2D eigenvalue weighted by Gasteiger charge is -2.31. The molecule has 1 saturated heterocycles. The Hall–Kier alpha value is -3.79. The van der Waals surface area contributed by atoms with E-state index in [1.165, 1.54) is 0 Å². The molecule has 0 radical (unpaired) electrons. The Morgan fingerprint density at radius 2 is 1.82 bits per heavy atom. The van der Waals surface area contributed by atoms with E-state index in [9.17, 15) is 14.4 Å². The van der Waals surface area contributed by atoms with Gasteiger partial charge in [-0.15, -0.1) is 11.3 Å². The number of carbonyl (C=O) groups excluding carboxylic acids is 3. The number of likely N-dealkylation sites (tertiary alicyclic amines) is 1. The number of aryl methyl sites for hydroxylation is 1. The third kappa shape index (κ3) is 6.74. The van der Waals surface area contributed by atoms with Crippen molar-refractivity contribution in [2.75, 3.05) is 26.3 Å². The molecule has 0 saturated carbocycles. The van der Waals surface area contributed by atoms with Crippen LogP contribution in [0, 0.1) is 6.92 Å². The van der Waals surface area contributed by atoms with Crippen molar-refractivity contribution in [1.82, 2.24) is 15.0 Å². The number of aromatic nitrogens is 2. The Kier molecular flexibility index (Phi) is 9.06. The van der Waals surface area contributed by atoms with Crippen molar-refractivity contribution in [1.29, 1.82) is 0 Å². The molecule has 1 amide bonds. The van der Waals surface area contributed by atoms with Crippen LogP contribution in [0.15, 0.2) is 52.4 Å². The molecule has 3 aromatic rings. The Morgan fingerprint density at radius 1 is 1.11 bits per heavy atom. The van der Waals surface area contributed by atoms with Crippen molar-refractivity contribution in [2.45, 2.75) is 45.4 Å². The molecular formula is C28H31N3O6S. The van der Waals surface area contributed by atoms with Crippen LogP contribution in [0.4, 0.5) is 0 Å². The van der Waals surface area contributed by atoms with Crippen LogP contribution in [0.2, 0.25) is 0 Å². The standard InChI is InChI=1S/C28H31N3O6S/c1-18(2)28(34)36-16-15-35-24(33)10-9-23(32)31-13-11-21(12-14-31)27-29-22(17-38-27)25-19(3)37-30-26(25)20-7-5-4-6-8-20/h4-8,17,21H,1,9-16H2,2-3H3. The van der Waals surface area contributed by atoms with Gasteiger partial charge in [-0.1, -0.05) is 42.1 Å². The maximum absolute atomic E-state index is 12.6. The van der Waals surface area contributed by atoms with Gasteiger partial charge in [-0.25, -0.2) is 9.78 Å².